The number of hydrogen-bond acceptors (Lipinski definition) is 6. The van der Waals surface area contributed by atoms with E-state index in [4.69, 9.17) is 5.73 Å². The number of hydrogen-bond donors (Lipinski definition) is 1. The first-order valence-electron chi connectivity index (χ1n) is 5.55. The fourth-order valence-corrected chi connectivity index (χ4v) is 4.63. The molecular formula is C10H13N3O4S2. The monoisotopic (exact) mass is 303 g/mol. The molecule has 1 fully saturated rings. The zero-order valence-corrected chi connectivity index (χ0v) is 11.6. The molecule has 0 spiro atoms. The van der Waals surface area contributed by atoms with Gasteiger partial charge in [-0.15, -0.1) is 0 Å². The minimum atomic E-state index is -3.86. The Hall–Kier alpha value is -1.32. The molecule has 7 nitrogen and oxygen atoms in total. The SMILES string of the molecule is Nc1cccc(S(=O)(=O)N2CCSCC2)c1[N+](=O)[O-]. The zero-order chi connectivity index (χ0) is 14.0. The van der Waals surface area contributed by atoms with Gasteiger partial charge >= 0.3 is 5.69 Å². The fourth-order valence-electron chi connectivity index (χ4n) is 1.87. The van der Waals surface area contributed by atoms with Crippen molar-refractivity contribution in [3.05, 3.63) is 28.3 Å². The van der Waals surface area contributed by atoms with Crippen LogP contribution in [0.2, 0.25) is 0 Å². The summed E-state index contributed by atoms with van der Waals surface area (Å²) in [5.41, 5.74) is 4.84. The summed E-state index contributed by atoms with van der Waals surface area (Å²) in [6, 6.07) is 3.96. The lowest BCUT2D eigenvalue weighted by atomic mass is 10.3. The van der Waals surface area contributed by atoms with Gasteiger partial charge in [0.15, 0.2) is 4.90 Å². The van der Waals surface area contributed by atoms with Crippen molar-refractivity contribution in [2.75, 3.05) is 30.3 Å². The Balaban J connectivity index is 2.51. The van der Waals surface area contributed by atoms with E-state index < -0.39 is 20.6 Å². The molecule has 0 aliphatic carbocycles. The number of benzene rings is 1. The second-order valence-electron chi connectivity index (χ2n) is 3.97. The molecular weight excluding hydrogens is 290 g/mol. The number of para-hydroxylation sites is 1. The van der Waals surface area contributed by atoms with Crippen LogP contribution in [0.15, 0.2) is 23.1 Å². The van der Waals surface area contributed by atoms with Gasteiger partial charge in [0.2, 0.25) is 10.0 Å². The first kappa shape index (κ1) is 14.1. The van der Waals surface area contributed by atoms with E-state index >= 15 is 0 Å². The summed E-state index contributed by atoms with van der Waals surface area (Å²) < 4.78 is 26.1. The summed E-state index contributed by atoms with van der Waals surface area (Å²) >= 11 is 1.66. The van der Waals surface area contributed by atoms with Gasteiger partial charge < -0.3 is 5.73 Å². The average Bonchev–Trinajstić information content (AvgIpc) is 2.39. The summed E-state index contributed by atoms with van der Waals surface area (Å²) in [6.07, 6.45) is 0. The number of nitrogens with two attached hydrogens (primary N) is 1. The van der Waals surface area contributed by atoms with Crippen LogP contribution in [0, 0.1) is 10.1 Å². The van der Waals surface area contributed by atoms with Crippen molar-refractivity contribution in [2.24, 2.45) is 0 Å². The predicted molar refractivity (Wildman–Crippen MR) is 73.6 cm³/mol. The van der Waals surface area contributed by atoms with Gasteiger partial charge in [0.25, 0.3) is 0 Å². The van der Waals surface area contributed by atoms with Crippen LogP contribution in [0.1, 0.15) is 0 Å². The number of rotatable bonds is 3. The van der Waals surface area contributed by atoms with Crippen molar-refractivity contribution >= 4 is 33.2 Å². The molecule has 0 atom stereocenters. The molecule has 1 heterocycles. The van der Waals surface area contributed by atoms with Crippen LogP contribution < -0.4 is 5.73 Å². The second-order valence-corrected chi connectivity index (χ2v) is 7.10. The lowest BCUT2D eigenvalue weighted by molar-refractivity contribution is -0.386. The molecule has 1 saturated heterocycles. The van der Waals surface area contributed by atoms with Gasteiger partial charge in [0.05, 0.1) is 4.92 Å². The Labute approximate surface area is 115 Å². The molecule has 1 aliphatic heterocycles. The highest BCUT2D eigenvalue weighted by atomic mass is 32.2. The number of nitrogens with zero attached hydrogens (tertiary/aromatic N) is 2. The van der Waals surface area contributed by atoms with Crippen molar-refractivity contribution in [1.29, 1.82) is 0 Å². The van der Waals surface area contributed by atoms with Crippen LogP contribution >= 0.6 is 11.8 Å². The molecule has 0 radical (unpaired) electrons. The Kier molecular flexibility index (Phi) is 3.97. The molecule has 0 amide bonds. The van der Waals surface area contributed by atoms with Gasteiger partial charge in [0, 0.05) is 24.6 Å². The van der Waals surface area contributed by atoms with E-state index in [2.05, 4.69) is 0 Å². The maximum Gasteiger partial charge on any atom is 0.312 e. The molecule has 9 heteroatoms. The second kappa shape index (κ2) is 5.35. The molecule has 1 aromatic rings. The fraction of sp³-hybridized carbons (Fsp3) is 0.400. The number of anilines is 1. The largest absolute Gasteiger partial charge is 0.393 e. The summed E-state index contributed by atoms with van der Waals surface area (Å²) in [5, 5.41) is 11.0. The molecule has 19 heavy (non-hydrogen) atoms. The molecule has 1 aromatic carbocycles. The Morgan fingerprint density at radius 2 is 1.95 bits per heavy atom. The molecule has 2 rings (SSSR count). The van der Waals surface area contributed by atoms with Crippen molar-refractivity contribution in [1.82, 2.24) is 4.31 Å². The third-order valence-electron chi connectivity index (χ3n) is 2.80. The first-order valence-corrected chi connectivity index (χ1v) is 8.15. The van der Waals surface area contributed by atoms with E-state index in [0.717, 1.165) is 0 Å². The summed E-state index contributed by atoms with van der Waals surface area (Å²) in [5.74, 6) is 1.38. The molecule has 0 aromatic heterocycles. The van der Waals surface area contributed by atoms with Gasteiger partial charge in [0.1, 0.15) is 5.69 Å². The molecule has 1 aliphatic rings. The van der Waals surface area contributed by atoms with Crippen LogP contribution in [0.25, 0.3) is 0 Å². The van der Waals surface area contributed by atoms with E-state index in [1.54, 1.807) is 11.8 Å². The van der Waals surface area contributed by atoms with Crippen molar-refractivity contribution in [2.45, 2.75) is 4.90 Å². The number of nitrogen functional groups attached to an aromatic ring is 1. The van der Waals surface area contributed by atoms with Crippen LogP contribution in [0.3, 0.4) is 0 Å². The van der Waals surface area contributed by atoms with Gasteiger partial charge in [-0.25, -0.2) is 8.42 Å². The van der Waals surface area contributed by atoms with E-state index in [9.17, 15) is 18.5 Å². The standard InChI is InChI=1S/C10H13N3O4S2/c11-8-2-1-3-9(10(8)13(14)15)19(16,17)12-4-6-18-7-5-12/h1-3H,4-7,11H2. The number of sulfonamides is 1. The molecule has 2 N–H and O–H groups in total. The Morgan fingerprint density at radius 3 is 2.53 bits per heavy atom. The van der Waals surface area contributed by atoms with E-state index in [-0.39, 0.29) is 10.6 Å². The predicted octanol–water partition coefficient (Wildman–Crippen LogP) is 0.915. The van der Waals surface area contributed by atoms with Crippen LogP contribution in [0.5, 0.6) is 0 Å². The summed E-state index contributed by atoms with van der Waals surface area (Å²) in [6.45, 7) is 0.720. The topological polar surface area (TPSA) is 107 Å². The van der Waals surface area contributed by atoms with Crippen molar-refractivity contribution in [3.63, 3.8) is 0 Å². The minimum absolute atomic E-state index is 0.141. The van der Waals surface area contributed by atoms with Crippen LogP contribution in [-0.2, 0) is 10.0 Å². The maximum atomic E-state index is 12.4. The number of nitro benzene ring substituents is 1. The Bertz CT molecular complexity index is 597. The lowest BCUT2D eigenvalue weighted by Crippen LogP contribution is -2.38. The van der Waals surface area contributed by atoms with E-state index in [1.165, 1.54) is 22.5 Å². The van der Waals surface area contributed by atoms with E-state index in [0.29, 0.717) is 24.6 Å². The van der Waals surface area contributed by atoms with Gasteiger partial charge in [-0.3, -0.25) is 10.1 Å². The van der Waals surface area contributed by atoms with Gasteiger partial charge in [-0.2, -0.15) is 16.1 Å². The highest BCUT2D eigenvalue weighted by Gasteiger charge is 2.33. The summed E-state index contributed by atoms with van der Waals surface area (Å²) in [4.78, 5) is 9.93. The van der Waals surface area contributed by atoms with Crippen LogP contribution in [-0.4, -0.2) is 42.2 Å². The van der Waals surface area contributed by atoms with Gasteiger partial charge in [-0.05, 0) is 12.1 Å². The average molecular weight is 303 g/mol. The van der Waals surface area contributed by atoms with E-state index in [1.807, 2.05) is 0 Å². The molecule has 104 valence electrons. The Morgan fingerprint density at radius 1 is 1.32 bits per heavy atom. The normalized spacial score (nSPS) is 17.3. The molecule has 0 bridgehead atoms. The third kappa shape index (κ3) is 2.67. The highest BCUT2D eigenvalue weighted by Crippen LogP contribution is 2.32. The maximum absolute atomic E-state index is 12.4. The summed E-state index contributed by atoms with van der Waals surface area (Å²) in [7, 11) is -3.86. The lowest BCUT2D eigenvalue weighted by Gasteiger charge is -2.25. The van der Waals surface area contributed by atoms with Crippen LogP contribution in [0.4, 0.5) is 11.4 Å². The highest BCUT2D eigenvalue weighted by molar-refractivity contribution is 7.99. The molecule has 0 unspecified atom stereocenters. The minimum Gasteiger partial charge on any atom is -0.393 e. The molecule has 0 saturated carbocycles. The quantitative estimate of drug-likeness (QED) is 0.505. The third-order valence-corrected chi connectivity index (χ3v) is 5.67. The number of thioether (sulfide) groups is 1. The smallest absolute Gasteiger partial charge is 0.312 e. The van der Waals surface area contributed by atoms with Crippen molar-refractivity contribution < 1.29 is 13.3 Å². The van der Waals surface area contributed by atoms with Crippen molar-refractivity contribution in [3.8, 4) is 0 Å². The first-order chi connectivity index (χ1) is 8.94. The van der Waals surface area contributed by atoms with Gasteiger partial charge in [-0.1, -0.05) is 6.07 Å². The number of nitro groups is 1. The zero-order valence-electron chi connectivity index (χ0n) is 9.98.